The van der Waals surface area contributed by atoms with Gasteiger partial charge in [-0.25, -0.2) is 0 Å². The summed E-state index contributed by atoms with van der Waals surface area (Å²) in [5.74, 6) is 0.996. The lowest BCUT2D eigenvalue weighted by molar-refractivity contribution is 0.0950. The summed E-state index contributed by atoms with van der Waals surface area (Å²) in [6, 6.07) is 32.8. The van der Waals surface area contributed by atoms with Crippen LogP contribution in [0, 0.1) is 0 Å². The van der Waals surface area contributed by atoms with Crippen molar-refractivity contribution >= 4 is 16.7 Å². The van der Waals surface area contributed by atoms with Crippen molar-refractivity contribution in [1.82, 2.24) is 10.2 Å². The number of ether oxygens (including phenoxy) is 1. The minimum Gasteiger partial charge on any atom is -0.488 e. The van der Waals surface area contributed by atoms with Gasteiger partial charge in [0.1, 0.15) is 11.9 Å². The quantitative estimate of drug-likeness (QED) is 0.344. The van der Waals surface area contributed by atoms with E-state index in [0.717, 1.165) is 54.6 Å². The van der Waals surface area contributed by atoms with Gasteiger partial charge < -0.3 is 10.1 Å². The molecular formula is C30H30N2O2. The molecule has 1 amide bonds. The summed E-state index contributed by atoms with van der Waals surface area (Å²) in [4.78, 5) is 15.3. The molecule has 0 radical (unpaired) electrons. The summed E-state index contributed by atoms with van der Waals surface area (Å²) in [5.41, 5.74) is 3.31. The second kappa shape index (κ2) is 10.5. The number of rotatable bonds is 9. The van der Waals surface area contributed by atoms with Crippen LogP contribution in [-0.2, 0) is 13.0 Å². The van der Waals surface area contributed by atoms with Crippen LogP contribution in [0.5, 0.6) is 5.75 Å². The Morgan fingerprint density at radius 1 is 0.882 bits per heavy atom. The normalized spacial score (nSPS) is 14.7. The minimum atomic E-state index is -0.0130. The zero-order valence-corrected chi connectivity index (χ0v) is 19.3. The number of hydrogen-bond acceptors (Lipinski definition) is 3. The first-order valence-electron chi connectivity index (χ1n) is 12.0. The predicted octanol–water partition coefficient (Wildman–Crippen LogP) is 5.47. The van der Waals surface area contributed by atoms with Crippen LogP contribution in [0.4, 0.5) is 0 Å². The Morgan fingerprint density at radius 3 is 2.53 bits per heavy atom. The molecule has 4 aromatic carbocycles. The van der Waals surface area contributed by atoms with Gasteiger partial charge in [0.05, 0.1) is 0 Å². The molecule has 34 heavy (non-hydrogen) atoms. The lowest BCUT2D eigenvalue weighted by Crippen LogP contribution is -2.36. The molecule has 1 atom stereocenters. The Bertz CT molecular complexity index is 1220. The summed E-state index contributed by atoms with van der Waals surface area (Å²) in [7, 11) is 0. The van der Waals surface area contributed by atoms with Gasteiger partial charge in [-0.2, -0.15) is 0 Å². The monoisotopic (exact) mass is 450 g/mol. The van der Waals surface area contributed by atoms with Crippen LogP contribution < -0.4 is 10.1 Å². The van der Waals surface area contributed by atoms with Crippen LogP contribution in [0.1, 0.15) is 27.9 Å². The summed E-state index contributed by atoms with van der Waals surface area (Å²) < 4.78 is 6.21. The van der Waals surface area contributed by atoms with Crippen molar-refractivity contribution in [3.8, 4) is 5.75 Å². The molecule has 0 spiro atoms. The van der Waals surface area contributed by atoms with E-state index in [9.17, 15) is 4.79 Å². The van der Waals surface area contributed by atoms with Gasteiger partial charge in [0.25, 0.3) is 5.91 Å². The van der Waals surface area contributed by atoms with E-state index in [1.54, 1.807) is 0 Å². The van der Waals surface area contributed by atoms with Crippen LogP contribution in [0.25, 0.3) is 10.8 Å². The lowest BCUT2D eigenvalue weighted by Gasteiger charge is -2.25. The molecule has 4 nitrogen and oxygen atoms in total. The van der Waals surface area contributed by atoms with Gasteiger partial charge >= 0.3 is 0 Å². The molecule has 1 heterocycles. The fourth-order valence-electron chi connectivity index (χ4n) is 4.74. The SMILES string of the molecule is O=C(NCCCN(Cc1ccccc1)CC1Cc2ccccc2O1)c1cccc2ccccc12. The third-order valence-electron chi connectivity index (χ3n) is 6.40. The van der Waals surface area contributed by atoms with E-state index in [1.807, 2.05) is 54.6 Å². The van der Waals surface area contributed by atoms with Gasteiger partial charge in [-0.05, 0) is 40.5 Å². The first kappa shape index (κ1) is 22.2. The Labute approximate surface area is 201 Å². The topological polar surface area (TPSA) is 41.6 Å². The van der Waals surface area contributed by atoms with Crippen LogP contribution >= 0.6 is 0 Å². The van der Waals surface area contributed by atoms with Crippen molar-refractivity contribution < 1.29 is 9.53 Å². The number of nitrogens with one attached hydrogen (secondary N) is 1. The maximum Gasteiger partial charge on any atom is 0.251 e. The third-order valence-corrected chi connectivity index (χ3v) is 6.40. The van der Waals surface area contributed by atoms with Gasteiger partial charge in [-0.3, -0.25) is 9.69 Å². The van der Waals surface area contributed by atoms with Crippen LogP contribution in [0.3, 0.4) is 0 Å². The average molecular weight is 451 g/mol. The van der Waals surface area contributed by atoms with Crippen molar-refractivity contribution in [3.63, 3.8) is 0 Å². The van der Waals surface area contributed by atoms with Gasteiger partial charge in [0, 0.05) is 38.2 Å². The number of benzene rings is 4. The van der Waals surface area contributed by atoms with Crippen LogP contribution in [-0.4, -0.2) is 36.5 Å². The number of carbonyl (C=O) groups excluding carboxylic acids is 1. The zero-order chi connectivity index (χ0) is 23.2. The summed E-state index contributed by atoms with van der Waals surface area (Å²) >= 11 is 0. The Kier molecular flexibility index (Phi) is 6.87. The molecule has 0 saturated carbocycles. The fraction of sp³-hybridized carbons (Fsp3) is 0.233. The second-order valence-electron chi connectivity index (χ2n) is 8.91. The molecule has 1 N–H and O–H groups in total. The van der Waals surface area contributed by atoms with E-state index in [2.05, 4.69) is 52.7 Å². The molecule has 1 aliphatic rings. The summed E-state index contributed by atoms with van der Waals surface area (Å²) in [5, 5.41) is 5.20. The van der Waals surface area contributed by atoms with E-state index in [1.165, 1.54) is 11.1 Å². The molecule has 0 saturated heterocycles. The lowest BCUT2D eigenvalue weighted by atomic mass is 10.0. The highest BCUT2D eigenvalue weighted by atomic mass is 16.5. The molecule has 0 aliphatic carbocycles. The molecule has 1 unspecified atom stereocenters. The summed E-state index contributed by atoms with van der Waals surface area (Å²) in [6.45, 7) is 3.26. The van der Waals surface area contributed by atoms with Crippen molar-refractivity contribution in [2.45, 2.75) is 25.5 Å². The van der Waals surface area contributed by atoms with Crippen molar-refractivity contribution in [2.24, 2.45) is 0 Å². The standard InChI is InChI=1S/C30H30N2O2/c33-30(28-16-8-14-24-12-4-6-15-27(24)28)31-18-9-19-32(21-23-10-2-1-3-11-23)22-26-20-25-13-5-7-17-29(25)34-26/h1-8,10-17,26H,9,18-22H2,(H,31,33). The molecule has 4 heteroatoms. The van der Waals surface area contributed by atoms with Crippen LogP contribution in [0.15, 0.2) is 97.1 Å². The molecule has 0 fully saturated rings. The number of hydrogen-bond donors (Lipinski definition) is 1. The third kappa shape index (κ3) is 5.29. The minimum absolute atomic E-state index is 0.0130. The number of nitrogens with zero attached hydrogens (tertiary/aromatic N) is 1. The Morgan fingerprint density at radius 2 is 1.65 bits per heavy atom. The highest BCUT2D eigenvalue weighted by Crippen LogP contribution is 2.28. The molecule has 0 aromatic heterocycles. The smallest absolute Gasteiger partial charge is 0.251 e. The maximum atomic E-state index is 12.9. The van der Waals surface area contributed by atoms with E-state index in [0.29, 0.717) is 6.54 Å². The van der Waals surface area contributed by atoms with Gasteiger partial charge in [0.15, 0.2) is 0 Å². The number of amides is 1. The Hall–Kier alpha value is -3.63. The number of fused-ring (bicyclic) bond motifs is 2. The highest BCUT2D eigenvalue weighted by Gasteiger charge is 2.24. The highest BCUT2D eigenvalue weighted by molar-refractivity contribution is 6.06. The molecule has 172 valence electrons. The number of para-hydroxylation sites is 1. The van der Waals surface area contributed by atoms with E-state index >= 15 is 0 Å². The van der Waals surface area contributed by atoms with Crippen LogP contribution in [0.2, 0.25) is 0 Å². The maximum absolute atomic E-state index is 12.9. The largest absolute Gasteiger partial charge is 0.488 e. The molecular weight excluding hydrogens is 420 g/mol. The van der Waals surface area contributed by atoms with Crippen molar-refractivity contribution in [1.29, 1.82) is 0 Å². The predicted molar refractivity (Wildman–Crippen MR) is 137 cm³/mol. The van der Waals surface area contributed by atoms with Gasteiger partial charge in [0.2, 0.25) is 0 Å². The molecule has 1 aliphatic heterocycles. The van der Waals surface area contributed by atoms with Crippen molar-refractivity contribution in [3.05, 3.63) is 114 Å². The first-order chi connectivity index (χ1) is 16.8. The van der Waals surface area contributed by atoms with Gasteiger partial charge in [-0.1, -0.05) is 84.9 Å². The average Bonchev–Trinajstić information content (AvgIpc) is 3.29. The van der Waals surface area contributed by atoms with E-state index < -0.39 is 0 Å². The second-order valence-corrected chi connectivity index (χ2v) is 8.91. The zero-order valence-electron chi connectivity index (χ0n) is 19.3. The summed E-state index contributed by atoms with van der Waals surface area (Å²) in [6.07, 6.45) is 1.98. The molecule has 4 aromatic rings. The van der Waals surface area contributed by atoms with Gasteiger partial charge in [-0.15, -0.1) is 0 Å². The van der Waals surface area contributed by atoms with E-state index in [-0.39, 0.29) is 12.0 Å². The first-order valence-corrected chi connectivity index (χ1v) is 12.0. The fourth-order valence-corrected chi connectivity index (χ4v) is 4.74. The molecule has 0 bridgehead atoms. The van der Waals surface area contributed by atoms with E-state index in [4.69, 9.17) is 4.74 Å². The number of carbonyl (C=O) groups is 1. The molecule has 5 rings (SSSR count). The van der Waals surface area contributed by atoms with Crippen molar-refractivity contribution in [2.75, 3.05) is 19.6 Å². The Balaban J connectivity index is 1.18.